The fraction of sp³-hybridized carbons (Fsp3) is 0.176. The highest BCUT2D eigenvalue weighted by Gasteiger charge is 2.34. The Morgan fingerprint density at radius 1 is 1.08 bits per heavy atom. The quantitative estimate of drug-likeness (QED) is 0.653. The summed E-state index contributed by atoms with van der Waals surface area (Å²) >= 11 is 1.09. The van der Waals surface area contributed by atoms with E-state index < -0.39 is 17.8 Å². The van der Waals surface area contributed by atoms with Gasteiger partial charge in [0.25, 0.3) is 11.8 Å². The molecule has 1 aliphatic heterocycles. The van der Waals surface area contributed by atoms with Gasteiger partial charge in [-0.3, -0.25) is 19.3 Å². The van der Waals surface area contributed by atoms with Crippen LogP contribution >= 0.6 is 11.3 Å². The highest BCUT2D eigenvalue weighted by Crippen LogP contribution is 2.24. The maximum Gasteiger partial charge on any atom is 0.348 e. The Labute approximate surface area is 147 Å². The van der Waals surface area contributed by atoms with Gasteiger partial charge in [-0.1, -0.05) is 12.1 Å². The monoisotopic (exact) mass is 358 g/mol. The highest BCUT2D eigenvalue weighted by atomic mass is 32.1. The van der Waals surface area contributed by atoms with Crippen molar-refractivity contribution in [3.63, 3.8) is 0 Å². The van der Waals surface area contributed by atoms with Crippen LogP contribution in [0.4, 0.5) is 5.00 Å². The average molecular weight is 358 g/mol. The summed E-state index contributed by atoms with van der Waals surface area (Å²) in [6.45, 7) is -0.00653. The van der Waals surface area contributed by atoms with Crippen LogP contribution in [0.15, 0.2) is 36.4 Å². The molecule has 0 atom stereocenters. The van der Waals surface area contributed by atoms with Gasteiger partial charge in [0.15, 0.2) is 0 Å². The number of benzene rings is 1. The van der Waals surface area contributed by atoms with Crippen LogP contribution in [0.1, 0.15) is 36.8 Å². The Kier molecular flexibility index (Phi) is 4.62. The van der Waals surface area contributed by atoms with Crippen molar-refractivity contribution in [1.29, 1.82) is 0 Å². The summed E-state index contributed by atoms with van der Waals surface area (Å²) < 4.78 is 4.60. The van der Waals surface area contributed by atoms with Gasteiger partial charge in [-0.25, -0.2) is 4.79 Å². The zero-order valence-corrected chi connectivity index (χ0v) is 14.1. The topological polar surface area (TPSA) is 92.8 Å². The third kappa shape index (κ3) is 3.29. The molecule has 0 aliphatic carbocycles. The minimum absolute atomic E-state index is 0.00653. The van der Waals surface area contributed by atoms with Crippen LogP contribution in [-0.4, -0.2) is 42.2 Å². The number of methoxy groups -OCH3 is 1. The number of ether oxygens (including phenoxy) is 1. The van der Waals surface area contributed by atoms with E-state index in [9.17, 15) is 19.2 Å². The fourth-order valence-corrected chi connectivity index (χ4v) is 3.31. The Morgan fingerprint density at radius 2 is 1.72 bits per heavy atom. The number of thiophene rings is 1. The number of carbonyl (C=O) groups excluding carboxylic acids is 4. The van der Waals surface area contributed by atoms with E-state index in [2.05, 4.69) is 10.1 Å². The number of amides is 3. The zero-order valence-electron chi connectivity index (χ0n) is 13.3. The molecule has 8 heteroatoms. The van der Waals surface area contributed by atoms with Crippen molar-refractivity contribution >= 4 is 40.0 Å². The van der Waals surface area contributed by atoms with Crippen LogP contribution in [0.25, 0.3) is 0 Å². The number of rotatable bonds is 5. The van der Waals surface area contributed by atoms with Crippen molar-refractivity contribution in [2.24, 2.45) is 0 Å². The highest BCUT2D eigenvalue weighted by molar-refractivity contribution is 7.18. The molecule has 0 spiro atoms. The van der Waals surface area contributed by atoms with E-state index in [1.807, 2.05) is 0 Å². The minimum atomic E-state index is -0.475. The molecule has 2 heterocycles. The smallest absolute Gasteiger partial charge is 0.348 e. The number of fused-ring (bicyclic) bond motifs is 1. The van der Waals surface area contributed by atoms with Crippen LogP contribution in [-0.2, 0) is 9.53 Å². The first-order valence-corrected chi connectivity index (χ1v) is 8.26. The molecule has 7 nitrogen and oxygen atoms in total. The first-order valence-electron chi connectivity index (χ1n) is 7.44. The molecule has 1 aromatic carbocycles. The third-order valence-electron chi connectivity index (χ3n) is 3.70. The Bertz CT molecular complexity index is 838. The second kappa shape index (κ2) is 6.86. The van der Waals surface area contributed by atoms with Crippen molar-refractivity contribution in [2.75, 3.05) is 19.0 Å². The lowest BCUT2D eigenvalue weighted by atomic mass is 10.1. The molecular formula is C17H14N2O5S. The standard InChI is InChI=1S/C17H14N2O5S/c1-24-17(23)12-6-7-14(25-12)18-13(20)8-9-19-15(21)10-4-2-3-5-11(10)16(19)22/h2-7H,8-9H2,1H3,(H,18,20). The lowest BCUT2D eigenvalue weighted by molar-refractivity contribution is -0.116. The van der Waals surface area contributed by atoms with Crippen LogP contribution in [0.2, 0.25) is 0 Å². The van der Waals surface area contributed by atoms with E-state index in [0.717, 1.165) is 16.2 Å². The van der Waals surface area contributed by atoms with Crippen molar-refractivity contribution in [3.8, 4) is 0 Å². The number of carbonyl (C=O) groups is 4. The van der Waals surface area contributed by atoms with Gasteiger partial charge in [-0.2, -0.15) is 0 Å². The van der Waals surface area contributed by atoms with Gasteiger partial charge < -0.3 is 10.1 Å². The van der Waals surface area contributed by atoms with Crippen LogP contribution in [0.5, 0.6) is 0 Å². The van der Waals surface area contributed by atoms with Gasteiger partial charge in [0.1, 0.15) is 4.88 Å². The van der Waals surface area contributed by atoms with Gasteiger partial charge >= 0.3 is 5.97 Å². The molecule has 0 bridgehead atoms. The predicted molar refractivity (Wildman–Crippen MR) is 90.7 cm³/mol. The summed E-state index contributed by atoms with van der Waals surface area (Å²) in [5.41, 5.74) is 0.711. The summed E-state index contributed by atoms with van der Waals surface area (Å²) in [5.74, 6) is -1.61. The molecule has 0 fully saturated rings. The zero-order chi connectivity index (χ0) is 18.0. The van der Waals surface area contributed by atoms with E-state index in [1.165, 1.54) is 7.11 Å². The summed E-state index contributed by atoms with van der Waals surface area (Å²) in [5, 5.41) is 3.13. The van der Waals surface area contributed by atoms with Crippen molar-refractivity contribution in [2.45, 2.75) is 6.42 Å². The maximum atomic E-state index is 12.2. The average Bonchev–Trinajstić information content (AvgIpc) is 3.17. The molecule has 128 valence electrons. The van der Waals surface area contributed by atoms with Crippen LogP contribution in [0.3, 0.4) is 0 Å². The second-order valence-electron chi connectivity index (χ2n) is 5.26. The molecule has 3 amide bonds. The summed E-state index contributed by atoms with van der Waals surface area (Å²) in [4.78, 5) is 49.3. The first-order chi connectivity index (χ1) is 12.0. The SMILES string of the molecule is COC(=O)c1ccc(NC(=O)CCN2C(=O)c3ccccc3C2=O)s1. The van der Waals surface area contributed by atoms with E-state index in [-0.39, 0.29) is 18.9 Å². The third-order valence-corrected chi connectivity index (χ3v) is 4.68. The van der Waals surface area contributed by atoms with E-state index in [1.54, 1.807) is 36.4 Å². The summed E-state index contributed by atoms with van der Waals surface area (Å²) in [6, 6.07) is 9.71. The number of nitrogens with zero attached hydrogens (tertiary/aromatic N) is 1. The van der Waals surface area contributed by atoms with Crippen LogP contribution < -0.4 is 5.32 Å². The fourth-order valence-electron chi connectivity index (χ4n) is 2.47. The molecule has 25 heavy (non-hydrogen) atoms. The molecule has 3 rings (SSSR count). The van der Waals surface area contributed by atoms with E-state index >= 15 is 0 Å². The van der Waals surface area contributed by atoms with Crippen molar-refractivity contribution in [3.05, 3.63) is 52.4 Å². The molecule has 2 aromatic rings. The van der Waals surface area contributed by atoms with Gasteiger partial charge in [0, 0.05) is 13.0 Å². The van der Waals surface area contributed by atoms with E-state index in [4.69, 9.17) is 0 Å². The van der Waals surface area contributed by atoms with Crippen molar-refractivity contribution in [1.82, 2.24) is 4.90 Å². The molecule has 1 N–H and O–H groups in total. The Balaban J connectivity index is 1.58. The summed E-state index contributed by atoms with van der Waals surface area (Å²) in [6.07, 6.45) is -0.0308. The lowest BCUT2D eigenvalue weighted by Gasteiger charge is -2.13. The predicted octanol–water partition coefficient (Wildman–Crippen LogP) is 2.16. The van der Waals surface area contributed by atoms with Gasteiger partial charge in [0.05, 0.1) is 23.2 Å². The molecule has 1 aliphatic rings. The second-order valence-corrected chi connectivity index (χ2v) is 6.34. The van der Waals surface area contributed by atoms with Crippen molar-refractivity contribution < 1.29 is 23.9 Å². The minimum Gasteiger partial charge on any atom is -0.465 e. The van der Waals surface area contributed by atoms with Gasteiger partial charge in [-0.15, -0.1) is 11.3 Å². The Hall–Kier alpha value is -3.00. The number of esters is 1. The molecule has 0 radical (unpaired) electrons. The largest absolute Gasteiger partial charge is 0.465 e. The summed E-state index contributed by atoms with van der Waals surface area (Å²) in [7, 11) is 1.28. The van der Waals surface area contributed by atoms with E-state index in [0.29, 0.717) is 21.0 Å². The normalized spacial score (nSPS) is 12.9. The lowest BCUT2D eigenvalue weighted by Crippen LogP contribution is -2.32. The Morgan fingerprint density at radius 3 is 2.32 bits per heavy atom. The van der Waals surface area contributed by atoms with Crippen LogP contribution in [0, 0.1) is 0 Å². The molecule has 0 unspecified atom stereocenters. The van der Waals surface area contributed by atoms with Gasteiger partial charge in [-0.05, 0) is 24.3 Å². The molecule has 0 saturated heterocycles. The maximum absolute atomic E-state index is 12.2. The van der Waals surface area contributed by atoms with Gasteiger partial charge in [0.2, 0.25) is 5.91 Å². The number of imide groups is 1. The molecule has 0 saturated carbocycles. The molecular weight excluding hydrogens is 344 g/mol. The number of hydrogen-bond donors (Lipinski definition) is 1. The number of hydrogen-bond acceptors (Lipinski definition) is 6. The number of nitrogens with one attached hydrogen (secondary N) is 1. The molecule has 1 aromatic heterocycles. The first kappa shape index (κ1) is 16.8. The number of anilines is 1.